The van der Waals surface area contributed by atoms with E-state index < -0.39 is 0 Å². The molecule has 3 rings (SSSR count). The van der Waals surface area contributed by atoms with Crippen molar-refractivity contribution in [3.05, 3.63) is 53.9 Å². The quantitative estimate of drug-likeness (QED) is 0.754. The topological polar surface area (TPSA) is 42.4 Å². The van der Waals surface area contributed by atoms with Crippen molar-refractivity contribution in [1.29, 1.82) is 0 Å². The van der Waals surface area contributed by atoms with E-state index in [4.69, 9.17) is 4.74 Å². The van der Waals surface area contributed by atoms with Crippen molar-refractivity contribution in [1.82, 2.24) is 9.88 Å². The van der Waals surface area contributed by atoms with Gasteiger partial charge in [-0.2, -0.15) is 0 Å². The molecule has 0 aliphatic carbocycles. The highest BCUT2D eigenvalue weighted by molar-refractivity contribution is 7.99. The number of hydrogen-bond acceptors (Lipinski definition) is 4. The summed E-state index contributed by atoms with van der Waals surface area (Å²) < 4.78 is 6.00. The zero-order valence-corrected chi connectivity index (χ0v) is 15.6. The average Bonchev–Trinajstić information content (AvgIpc) is 2.64. The second-order valence-electron chi connectivity index (χ2n) is 6.17. The largest absolute Gasteiger partial charge is 0.489 e. The maximum Gasteiger partial charge on any atom is 0.254 e. The Morgan fingerprint density at radius 1 is 1.24 bits per heavy atom. The molecule has 2 aromatic rings. The van der Waals surface area contributed by atoms with Crippen LogP contribution in [0.1, 0.15) is 35.8 Å². The summed E-state index contributed by atoms with van der Waals surface area (Å²) in [5.74, 6) is 1.90. The van der Waals surface area contributed by atoms with Gasteiger partial charge in [0.1, 0.15) is 11.9 Å². The van der Waals surface area contributed by atoms with Gasteiger partial charge in [-0.1, -0.05) is 19.1 Å². The van der Waals surface area contributed by atoms with Crippen LogP contribution in [0.15, 0.2) is 47.5 Å². The van der Waals surface area contributed by atoms with Crippen molar-refractivity contribution >= 4 is 17.7 Å². The molecule has 4 nitrogen and oxygen atoms in total. The summed E-state index contributed by atoms with van der Waals surface area (Å²) >= 11 is 1.72. The molecule has 1 amide bonds. The monoisotopic (exact) mass is 356 g/mol. The van der Waals surface area contributed by atoms with E-state index in [1.165, 1.54) is 0 Å². The van der Waals surface area contributed by atoms with Crippen molar-refractivity contribution in [2.75, 3.05) is 18.8 Å². The van der Waals surface area contributed by atoms with Crippen LogP contribution < -0.4 is 4.74 Å². The number of rotatable bonds is 5. The Labute approximate surface area is 153 Å². The predicted octanol–water partition coefficient (Wildman–Crippen LogP) is 4.19. The number of carbonyl (C=O) groups excluding carboxylic acids is 1. The SMILES string of the molecule is CCSc1ccccc1C(=O)N1CCC(Oc2ccc(C)nc2)CC1. The van der Waals surface area contributed by atoms with Crippen LogP contribution in [0.2, 0.25) is 0 Å². The van der Waals surface area contributed by atoms with Gasteiger partial charge >= 0.3 is 0 Å². The van der Waals surface area contributed by atoms with E-state index in [-0.39, 0.29) is 12.0 Å². The third kappa shape index (κ3) is 4.54. The molecule has 1 aromatic heterocycles. The highest BCUT2D eigenvalue weighted by atomic mass is 32.2. The number of pyridine rings is 1. The first-order valence-electron chi connectivity index (χ1n) is 8.77. The van der Waals surface area contributed by atoms with Crippen LogP contribution in [0.4, 0.5) is 0 Å². The molecule has 1 aliphatic heterocycles. The van der Waals surface area contributed by atoms with Crippen LogP contribution in [0.5, 0.6) is 5.75 Å². The van der Waals surface area contributed by atoms with E-state index in [0.717, 1.165) is 53.6 Å². The lowest BCUT2D eigenvalue weighted by Gasteiger charge is -2.32. The number of aryl methyl sites for hydroxylation is 1. The summed E-state index contributed by atoms with van der Waals surface area (Å²) in [6.07, 6.45) is 3.62. The minimum atomic E-state index is 0.131. The van der Waals surface area contributed by atoms with Gasteiger partial charge in [0.25, 0.3) is 5.91 Å². The number of amides is 1. The molecule has 0 radical (unpaired) electrons. The maximum atomic E-state index is 12.9. The number of likely N-dealkylation sites (tertiary alicyclic amines) is 1. The molecule has 0 bridgehead atoms. The van der Waals surface area contributed by atoms with Crippen LogP contribution in [0, 0.1) is 6.92 Å². The van der Waals surface area contributed by atoms with Crippen molar-refractivity contribution in [3.63, 3.8) is 0 Å². The Morgan fingerprint density at radius 3 is 2.68 bits per heavy atom. The number of hydrogen-bond donors (Lipinski definition) is 0. The second-order valence-corrected chi connectivity index (χ2v) is 7.48. The van der Waals surface area contributed by atoms with Crippen LogP contribution >= 0.6 is 11.8 Å². The number of thioether (sulfide) groups is 1. The number of benzene rings is 1. The number of nitrogens with zero attached hydrogens (tertiary/aromatic N) is 2. The molecule has 0 spiro atoms. The number of aromatic nitrogens is 1. The summed E-state index contributed by atoms with van der Waals surface area (Å²) in [7, 11) is 0. The lowest BCUT2D eigenvalue weighted by Crippen LogP contribution is -2.42. The molecule has 1 saturated heterocycles. The molecule has 0 atom stereocenters. The summed E-state index contributed by atoms with van der Waals surface area (Å²) in [6, 6.07) is 11.8. The molecule has 132 valence electrons. The molecular weight excluding hydrogens is 332 g/mol. The average molecular weight is 356 g/mol. The van der Waals surface area contributed by atoms with Crippen molar-refractivity contribution in [2.45, 2.75) is 37.7 Å². The van der Waals surface area contributed by atoms with Gasteiger partial charge in [-0.15, -0.1) is 11.8 Å². The maximum absolute atomic E-state index is 12.9. The first kappa shape index (κ1) is 17.8. The van der Waals surface area contributed by atoms with E-state index in [2.05, 4.69) is 11.9 Å². The molecule has 25 heavy (non-hydrogen) atoms. The fraction of sp³-hybridized carbons (Fsp3) is 0.400. The first-order valence-corrected chi connectivity index (χ1v) is 9.76. The van der Waals surface area contributed by atoms with E-state index in [0.29, 0.717) is 0 Å². The predicted molar refractivity (Wildman–Crippen MR) is 101 cm³/mol. The lowest BCUT2D eigenvalue weighted by atomic mass is 10.1. The summed E-state index contributed by atoms with van der Waals surface area (Å²) in [5.41, 5.74) is 1.80. The normalized spacial score (nSPS) is 15.2. The number of ether oxygens (including phenoxy) is 1. The van der Waals surface area contributed by atoms with Crippen LogP contribution in [-0.2, 0) is 0 Å². The first-order chi connectivity index (χ1) is 12.2. The van der Waals surface area contributed by atoms with E-state index >= 15 is 0 Å². The highest BCUT2D eigenvalue weighted by Crippen LogP contribution is 2.25. The van der Waals surface area contributed by atoms with Gasteiger partial charge in [0, 0.05) is 36.5 Å². The van der Waals surface area contributed by atoms with E-state index in [1.807, 2.05) is 48.2 Å². The Morgan fingerprint density at radius 2 is 2.00 bits per heavy atom. The molecule has 0 saturated carbocycles. The zero-order chi connectivity index (χ0) is 17.6. The standard InChI is InChI=1S/C20H24N2O2S/c1-3-25-19-7-5-4-6-18(19)20(23)22-12-10-16(11-13-22)24-17-9-8-15(2)21-14-17/h4-9,14,16H,3,10-13H2,1-2H3. The molecule has 5 heteroatoms. The molecule has 2 heterocycles. The van der Waals surface area contributed by atoms with Crippen molar-refractivity contribution in [2.24, 2.45) is 0 Å². The molecule has 1 aliphatic rings. The van der Waals surface area contributed by atoms with Crippen LogP contribution in [-0.4, -0.2) is 40.7 Å². The van der Waals surface area contributed by atoms with E-state index in [1.54, 1.807) is 18.0 Å². The summed E-state index contributed by atoms with van der Waals surface area (Å²) in [4.78, 5) is 20.1. The third-order valence-corrected chi connectivity index (χ3v) is 5.29. The van der Waals surface area contributed by atoms with Gasteiger partial charge in [-0.25, -0.2) is 0 Å². The molecule has 1 fully saturated rings. The molecular formula is C20H24N2O2S. The minimum Gasteiger partial charge on any atom is -0.489 e. The molecule has 0 N–H and O–H groups in total. The zero-order valence-electron chi connectivity index (χ0n) is 14.8. The number of carbonyl (C=O) groups is 1. The Bertz CT molecular complexity index is 710. The Balaban J connectivity index is 1.58. The van der Waals surface area contributed by atoms with Gasteiger partial charge in [0.05, 0.1) is 11.8 Å². The highest BCUT2D eigenvalue weighted by Gasteiger charge is 2.25. The molecule has 0 unspecified atom stereocenters. The Hall–Kier alpha value is -2.01. The van der Waals surface area contributed by atoms with Crippen molar-refractivity contribution < 1.29 is 9.53 Å². The van der Waals surface area contributed by atoms with Gasteiger partial charge in [0.15, 0.2) is 0 Å². The van der Waals surface area contributed by atoms with Crippen molar-refractivity contribution in [3.8, 4) is 5.75 Å². The Kier molecular flexibility index (Phi) is 5.97. The van der Waals surface area contributed by atoms with Gasteiger partial charge < -0.3 is 9.64 Å². The summed E-state index contributed by atoms with van der Waals surface area (Å²) in [6.45, 7) is 5.53. The molecule has 1 aromatic carbocycles. The van der Waals surface area contributed by atoms with Crippen LogP contribution in [0.3, 0.4) is 0 Å². The van der Waals surface area contributed by atoms with Gasteiger partial charge in [0.2, 0.25) is 0 Å². The minimum absolute atomic E-state index is 0.131. The fourth-order valence-electron chi connectivity index (χ4n) is 2.99. The number of piperidine rings is 1. The smallest absolute Gasteiger partial charge is 0.254 e. The van der Waals surface area contributed by atoms with Gasteiger partial charge in [-0.05, 0) is 36.9 Å². The third-order valence-electron chi connectivity index (χ3n) is 4.33. The van der Waals surface area contributed by atoms with Crippen LogP contribution in [0.25, 0.3) is 0 Å². The second kappa shape index (κ2) is 8.39. The van der Waals surface area contributed by atoms with Gasteiger partial charge in [-0.3, -0.25) is 9.78 Å². The fourth-order valence-corrected chi connectivity index (χ4v) is 3.78. The summed E-state index contributed by atoms with van der Waals surface area (Å²) in [5, 5.41) is 0. The lowest BCUT2D eigenvalue weighted by molar-refractivity contribution is 0.0591. The van der Waals surface area contributed by atoms with E-state index in [9.17, 15) is 4.79 Å².